The van der Waals surface area contributed by atoms with Crippen molar-refractivity contribution in [2.45, 2.75) is 289 Å². The molecule has 0 saturated heterocycles. The summed E-state index contributed by atoms with van der Waals surface area (Å²) in [6, 6.07) is -0.637. The number of hydrogen-bond acceptors (Lipinski definition) is 5. The van der Waals surface area contributed by atoms with Crippen LogP contribution in [0.5, 0.6) is 0 Å². The fourth-order valence-electron chi connectivity index (χ4n) is 7.97. The molecule has 0 aliphatic carbocycles. The van der Waals surface area contributed by atoms with E-state index in [4.69, 9.17) is 4.74 Å². The molecule has 0 rings (SSSR count). The van der Waals surface area contributed by atoms with E-state index in [1.807, 2.05) is 6.08 Å². The Hall–Kier alpha value is -1.92. The van der Waals surface area contributed by atoms with Crippen molar-refractivity contribution in [2.24, 2.45) is 0 Å². The van der Waals surface area contributed by atoms with Crippen LogP contribution in [-0.4, -0.2) is 47.4 Å². The van der Waals surface area contributed by atoms with Crippen molar-refractivity contribution in [1.29, 1.82) is 0 Å². The van der Waals surface area contributed by atoms with Crippen molar-refractivity contribution in [3.05, 3.63) is 36.5 Å². The predicted octanol–water partition coefficient (Wildman–Crippen LogP) is 16.1. The van der Waals surface area contributed by atoms with Gasteiger partial charge in [0, 0.05) is 12.8 Å². The number of nitrogens with one attached hydrogen (secondary N) is 1. The summed E-state index contributed by atoms with van der Waals surface area (Å²) in [6.45, 7) is 4.85. The van der Waals surface area contributed by atoms with Gasteiger partial charge in [-0.25, -0.2) is 0 Å². The molecule has 0 fully saturated rings. The third-order valence-corrected chi connectivity index (χ3v) is 12.1. The summed E-state index contributed by atoms with van der Waals surface area (Å²) in [4.78, 5) is 24.4. The molecule has 6 heteroatoms. The van der Waals surface area contributed by atoms with E-state index in [0.717, 1.165) is 64.2 Å². The summed E-state index contributed by atoms with van der Waals surface area (Å²) in [7, 11) is 0. The third-order valence-electron chi connectivity index (χ3n) is 12.1. The molecule has 3 N–H and O–H groups in total. The van der Waals surface area contributed by atoms with Gasteiger partial charge in [0.15, 0.2) is 0 Å². The van der Waals surface area contributed by atoms with E-state index in [0.29, 0.717) is 19.4 Å². The number of allylic oxidation sites excluding steroid dienone is 5. The number of aliphatic hydroxyl groups excluding tert-OH is 2. The molecule has 0 bridgehead atoms. The van der Waals surface area contributed by atoms with E-state index in [-0.39, 0.29) is 18.5 Å². The molecular weight excluding hydrogens is 755 g/mol. The normalized spacial score (nSPS) is 12.9. The minimum absolute atomic E-state index is 0.00857. The van der Waals surface area contributed by atoms with Gasteiger partial charge in [0.1, 0.15) is 0 Å². The Morgan fingerprint density at radius 3 is 1.20 bits per heavy atom. The summed E-state index contributed by atoms with van der Waals surface area (Å²) in [5, 5.41) is 23.0. The molecule has 0 aromatic carbocycles. The summed E-state index contributed by atoms with van der Waals surface area (Å²) < 4.78 is 5.45. The van der Waals surface area contributed by atoms with Gasteiger partial charge in [-0.3, -0.25) is 9.59 Å². The molecule has 0 aromatic heterocycles. The highest BCUT2D eigenvalue weighted by molar-refractivity contribution is 5.76. The highest BCUT2D eigenvalue weighted by Gasteiger charge is 2.18. The van der Waals surface area contributed by atoms with Crippen molar-refractivity contribution >= 4 is 11.9 Å². The summed E-state index contributed by atoms with van der Waals surface area (Å²) in [6.07, 6.45) is 61.5. The Bertz CT molecular complexity index is 993. The summed E-state index contributed by atoms with van der Waals surface area (Å²) in [5.41, 5.74) is 0. The van der Waals surface area contributed by atoms with Crippen LogP contribution in [0.25, 0.3) is 0 Å². The van der Waals surface area contributed by atoms with Gasteiger partial charge in [-0.1, -0.05) is 217 Å². The molecule has 0 saturated carbocycles. The van der Waals surface area contributed by atoms with E-state index in [9.17, 15) is 19.8 Å². The van der Waals surface area contributed by atoms with E-state index >= 15 is 0 Å². The largest absolute Gasteiger partial charge is 0.466 e. The zero-order chi connectivity index (χ0) is 44.4. The lowest BCUT2D eigenvalue weighted by molar-refractivity contribution is -0.143. The second kappa shape index (κ2) is 50.7. The van der Waals surface area contributed by atoms with Gasteiger partial charge in [0.05, 0.1) is 25.4 Å². The average Bonchev–Trinajstić information content (AvgIpc) is 3.26. The number of ether oxygens (including phenoxy) is 1. The first-order valence-corrected chi connectivity index (χ1v) is 26.8. The molecule has 0 radical (unpaired) electrons. The van der Waals surface area contributed by atoms with Crippen LogP contribution in [-0.2, 0) is 14.3 Å². The number of aliphatic hydroxyl groups is 2. The van der Waals surface area contributed by atoms with Crippen LogP contribution in [0.4, 0.5) is 0 Å². The van der Waals surface area contributed by atoms with Crippen LogP contribution >= 0.6 is 0 Å². The molecule has 6 nitrogen and oxygen atoms in total. The molecule has 1 amide bonds. The van der Waals surface area contributed by atoms with Crippen LogP contribution in [0.2, 0.25) is 0 Å². The minimum Gasteiger partial charge on any atom is -0.466 e. The quantitative estimate of drug-likeness (QED) is 0.0322. The Morgan fingerprint density at radius 1 is 0.443 bits per heavy atom. The fourth-order valence-corrected chi connectivity index (χ4v) is 7.97. The number of esters is 1. The van der Waals surface area contributed by atoms with Crippen LogP contribution in [0.3, 0.4) is 0 Å². The summed E-state index contributed by atoms with van der Waals surface area (Å²) >= 11 is 0. The van der Waals surface area contributed by atoms with Crippen LogP contribution in [0.15, 0.2) is 36.5 Å². The number of hydrogen-bond donors (Lipinski definition) is 3. The van der Waals surface area contributed by atoms with Gasteiger partial charge < -0.3 is 20.3 Å². The maximum absolute atomic E-state index is 12.4. The topological polar surface area (TPSA) is 95.9 Å². The smallest absolute Gasteiger partial charge is 0.305 e. The lowest BCUT2D eigenvalue weighted by Gasteiger charge is -2.20. The first kappa shape index (κ1) is 59.1. The molecule has 0 heterocycles. The standard InChI is InChI=1S/C55H103NO5/c1-3-5-7-9-11-13-15-17-24-27-31-35-39-43-47-53(58)52(51-57)56-54(59)48-44-40-36-32-28-25-22-20-18-19-21-23-26-30-34-38-42-46-50-61-55(60)49-45-41-37-33-29-16-14-12-10-8-6-4-2/h12,14,20,22,43,47,52-53,57-58H,3-11,13,15-19,21,23-42,44-46,48-51H2,1-2H3,(H,56,59)/b14-12-,22-20-,47-43+. The van der Waals surface area contributed by atoms with Crippen LogP contribution < -0.4 is 5.32 Å². The van der Waals surface area contributed by atoms with Gasteiger partial charge in [-0.05, 0) is 83.5 Å². The molecule has 0 spiro atoms. The first-order valence-electron chi connectivity index (χ1n) is 26.8. The SMILES string of the molecule is CCCCC/C=C\CCCCCCCC(=O)OCCCCCCCCCCC/C=C\CCCCCCCC(=O)NC(CO)C(O)/C=C/CCCCCCCCCCCCCC. The molecule has 0 aliphatic heterocycles. The van der Waals surface area contributed by atoms with Crippen LogP contribution in [0.1, 0.15) is 277 Å². The van der Waals surface area contributed by atoms with Crippen molar-refractivity contribution in [1.82, 2.24) is 5.32 Å². The van der Waals surface area contributed by atoms with E-state index in [1.54, 1.807) is 6.08 Å². The van der Waals surface area contributed by atoms with Gasteiger partial charge in [-0.15, -0.1) is 0 Å². The van der Waals surface area contributed by atoms with E-state index in [1.165, 1.54) is 186 Å². The van der Waals surface area contributed by atoms with Crippen LogP contribution in [0, 0.1) is 0 Å². The maximum Gasteiger partial charge on any atom is 0.305 e. The molecule has 2 atom stereocenters. The fraction of sp³-hybridized carbons (Fsp3) is 0.855. The van der Waals surface area contributed by atoms with E-state index in [2.05, 4.69) is 43.5 Å². The van der Waals surface area contributed by atoms with Crippen molar-refractivity contribution in [3.63, 3.8) is 0 Å². The highest BCUT2D eigenvalue weighted by atomic mass is 16.5. The van der Waals surface area contributed by atoms with Gasteiger partial charge in [0.2, 0.25) is 5.91 Å². The molecule has 0 aliphatic rings. The first-order chi connectivity index (χ1) is 30.0. The van der Waals surface area contributed by atoms with E-state index < -0.39 is 12.1 Å². The zero-order valence-electron chi connectivity index (χ0n) is 40.6. The molecule has 2 unspecified atom stereocenters. The van der Waals surface area contributed by atoms with Crippen molar-refractivity contribution < 1.29 is 24.5 Å². The van der Waals surface area contributed by atoms with Gasteiger partial charge in [-0.2, -0.15) is 0 Å². The zero-order valence-corrected chi connectivity index (χ0v) is 40.6. The van der Waals surface area contributed by atoms with Crippen molar-refractivity contribution in [2.75, 3.05) is 13.2 Å². The second-order valence-corrected chi connectivity index (χ2v) is 18.2. The third kappa shape index (κ3) is 47.4. The van der Waals surface area contributed by atoms with Gasteiger partial charge in [0.25, 0.3) is 0 Å². The second-order valence-electron chi connectivity index (χ2n) is 18.2. The molecule has 61 heavy (non-hydrogen) atoms. The Labute approximate surface area is 379 Å². The Morgan fingerprint density at radius 2 is 0.770 bits per heavy atom. The summed E-state index contributed by atoms with van der Waals surface area (Å²) in [5.74, 6) is -0.0915. The Balaban J connectivity index is 3.49. The lowest BCUT2D eigenvalue weighted by Crippen LogP contribution is -2.45. The number of unbranched alkanes of at least 4 members (excludes halogenated alkanes) is 34. The minimum atomic E-state index is -0.852. The number of carbonyl (C=O) groups is 2. The predicted molar refractivity (Wildman–Crippen MR) is 264 cm³/mol. The Kier molecular flexibility index (Phi) is 49.1. The highest BCUT2D eigenvalue weighted by Crippen LogP contribution is 2.15. The maximum atomic E-state index is 12.4. The number of amides is 1. The number of carbonyl (C=O) groups excluding carboxylic acids is 2. The molecule has 358 valence electrons. The van der Waals surface area contributed by atoms with Gasteiger partial charge >= 0.3 is 5.97 Å². The molecular formula is C55H103NO5. The average molecular weight is 858 g/mol. The number of rotatable bonds is 49. The molecule has 0 aromatic rings. The van der Waals surface area contributed by atoms with Crippen molar-refractivity contribution in [3.8, 4) is 0 Å². The monoisotopic (exact) mass is 858 g/mol. The lowest BCUT2D eigenvalue weighted by atomic mass is 10.0.